The van der Waals surface area contributed by atoms with E-state index < -0.39 is 0 Å². The predicted molar refractivity (Wildman–Crippen MR) is 122 cm³/mol. The van der Waals surface area contributed by atoms with Crippen LogP contribution in [0.25, 0.3) is 43.8 Å². The Morgan fingerprint density at radius 2 is 0.786 bits per heavy atom. The molecule has 0 heteroatoms. The smallest absolute Gasteiger partial charge is 0.0103 e. The average molecular weight is 358 g/mol. The molecule has 0 unspecified atom stereocenters. The summed E-state index contributed by atoms with van der Waals surface area (Å²) in [5.41, 5.74) is 7.87. The predicted octanol–water partition coefficient (Wildman–Crippen LogP) is 7.94. The Morgan fingerprint density at radius 3 is 1.25 bits per heavy atom. The largest absolute Gasteiger partial charge is 0.0616 e. The lowest BCUT2D eigenvalue weighted by molar-refractivity contribution is 1.39. The van der Waals surface area contributed by atoms with E-state index >= 15 is 0 Å². The van der Waals surface area contributed by atoms with Gasteiger partial charge in [-0.3, -0.25) is 0 Å². The number of benzene rings is 5. The maximum Gasteiger partial charge on any atom is -0.0103 e. The van der Waals surface area contributed by atoms with Gasteiger partial charge in [0.1, 0.15) is 0 Å². The second kappa shape index (κ2) is 6.65. The first-order valence-electron chi connectivity index (χ1n) is 9.80. The minimum absolute atomic E-state index is 1.29. The van der Waals surface area contributed by atoms with Crippen molar-refractivity contribution < 1.29 is 0 Å². The highest BCUT2D eigenvalue weighted by Crippen LogP contribution is 2.37. The van der Waals surface area contributed by atoms with Gasteiger partial charge in [0.2, 0.25) is 0 Å². The van der Waals surface area contributed by atoms with Gasteiger partial charge >= 0.3 is 0 Å². The van der Waals surface area contributed by atoms with E-state index in [4.69, 9.17) is 0 Å². The Kier molecular flexibility index (Phi) is 3.98. The van der Waals surface area contributed by atoms with E-state index in [1.54, 1.807) is 0 Å². The van der Waals surface area contributed by atoms with Gasteiger partial charge < -0.3 is 0 Å². The third-order valence-electron chi connectivity index (χ3n) is 5.73. The van der Waals surface area contributed by atoms with Crippen LogP contribution in [0.5, 0.6) is 0 Å². The van der Waals surface area contributed by atoms with Gasteiger partial charge in [0.25, 0.3) is 0 Å². The summed E-state index contributed by atoms with van der Waals surface area (Å²) in [7, 11) is 0. The lowest BCUT2D eigenvalue weighted by Crippen LogP contribution is -1.92. The molecule has 0 bridgehead atoms. The molecule has 0 aliphatic carbocycles. The molecule has 5 aromatic rings. The Hall–Kier alpha value is -3.38. The Balaban J connectivity index is 1.73. The van der Waals surface area contributed by atoms with Gasteiger partial charge in [0.05, 0.1) is 0 Å². The van der Waals surface area contributed by atoms with Crippen LogP contribution in [0, 0.1) is 13.8 Å². The molecule has 0 atom stereocenters. The molecule has 0 N–H and O–H groups in total. The molecule has 0 nitrogen and oxygen atoms in total. The number of hydrogen-bond donors (Lipinski definition) is 0. The van der Waals surface area contributed by atoms with Crippen molar-refractivity contribution in [3.05, 3.63) is 108 Å². The molecule has 134 valence electrons. The average Bonchev–Trinajstić information content (AvgIpc) is 2.74. The first-order valence-corrected chi connectivity index (χ1v) is 9.80. The van der Waals surface area contributed by atoms with Gasteiger partial charge in [-0.15, -0.1) is 0 Å². The fraction of sp³-hybridized carbons (Fsp3) is 0.0714. The summed E-state index contributed by atoms with van der Waals surface area (Å²) in [5, 5.41) is 5.20. The second-order valence-electron chi connectivity index (χ2n) is 7.54. The highest BCUT2D eigenvalue weighted by Gasteiger charge is 2.12. The summed E-state index contributed by atoms with van der Waals surface area (Å²) in [4.78, 5) is 0. The number of aryl methyl sites for hydroxylation is 2. The van der Waals surface area contributed by atoms with Gasteiger partial charge in [-0.25, -0.2) is 0 Å². The topological polar surface area (TPSA) is 0 Å². The molecule has 0 aromatic heterocycles. The van der Waals surface area contributed by atoms with E-state index in [0.717, 1.165) is 0 Å². The zero-order valence-corrected chi connectivity index (χ0v) is 16.2. The first-order chi connectivity index (χ1) is 13.7. The molecule has 0 aliphatic rings. The van der Waals surface area contributed by atoms with Crippen LogP contribution in [0.3, 0.4) is 0 Å². The van der Waals surface area contributed by atoms with E-state index in [9.17, 15) is 0 Å². The van der Waals surface area contributed by atoms with Crippen molar-refractivity contribution in [3.63, 3.8) is 0 Å². The molecule has 5 rings (SSSR count). The van der Waals surface area contributed by atoms with Crippen LogP contribution >= 0.6 is 0 Å². The minimum atomic E-state index is 1.29. The van der Waals surface area contributed by atoms with E-state index in [0.29, 0.717) is 0 Å². The third-order valence-corrected chi connectivity index (χ3v) is 5.73. The van der Waals surface area contributed by atoms with Crippen LogP contribution in [0.2, 0.25) is 0 Å². The molecule has 0 fully saturated rings. The fourth-order valence-corrected chi connectivity index (χ4v) is 4.32. The Labute approximate surface area is 166 Å². The van der Waals surface area contributed by atoms with Crippen molar-refractivity contribution in [2.24, 2.45) is 0 Å². The van der Waals surface area contributed by atoms with Gasteiger partial charge in [-0.1, -0.05) is 97.1 Å². The Bertz CT molecular complexity index is 1210. The van der Waals surface area contributed by atoms with Crippen LogP contribution in [-0.2, 0) is 0 Å². The molecular formula is C28H22. The fourth-order valence-electron chi connectivity index (χ4n) is 4.32. The van der Waals surface area contributed by atoms with E-state index in [1.807, 2.05) is 0 Å². The number of rotatable bonds is 2. The van der Waals surface area contributed by atoms with Gasteiger partial charge in [0.15, 0.2) is 0 Å². The summed E-state index contributed by atoms with van der Waals surface area (Å²) < 4.78 is 0. The zero-order chi connectivity index (χ0) is 19.1. The standard InChI is InChI=1S/C28H22/c1-19-17-28(26-16-8-12-22-10-4-6-14-24(22)26)20(2)18-27(19)25-15-7-11-21-9-3-5-13-23(21)25/h3-18H,1-2H3. The van der Waals surface area contributed by atoms with E-state index in [-0.39, 0.29) is 0 Å². The molecular weight excluding hydrogens is 336 g/mol. The Morgan fingerprint density at radius 1 is 0.393 bits per heavy atom. The monoisotopic (exact) mass is 358 g/mol. The molecule has 28 heavy (non-hydrogen) atoms. The molecule has 0 heterocycles. The van der Waals surface area contributed by atoms with Crippen molar-refractivity contribution in [1.82, 2.24) is 0 Å². The summed E-state index contributed by atoms with van der Waals surface area (Å²) in [6, 6.07) is 35.1. The van der Waals surface area contributed by atoms with Crippen LogP contribution < -0.4 is 0 Å². The summed E-state index contributed by atoms with van der Waals surface area (Å²) in [6.45, 7) is 4.45. The maximum atomic E-state index is 2.36. The molecule has 0 saturated heterocycles. The summed E-state index contributed by atoms with van der Waals surface area (Å²) in [6.07, 6.45) is 0. The van der Waals surface area contributed by atoms with Crippen LogP contribution in [0.1, 0.15) is 11.1 Å². The molecule has 0 aliphatic heterocycles. The van der Waals surface area contributed by atoms with Gasteiger partial charge in [0, 0.05) is 0 Å². The van der Waals surface area contributed by atoms with Gasteiger partial charge in [-0.05, 0) is 68.8 Å². The number of hydrogen-bond acceptors (Lipinski definition) is 0. The first kappa shape index (κ1) is 16.8. The van der Waals surface area contributed by atoms with Crippen molar-refractivity contribution in [1.29, 1.82) is 0 Å². The quantitative estimate of drug-likeness (QED) is 0.300. The van der Waals surface area contributed by atoms with Crippen molar-refractivity contribution in [2.45, 2.75) is 13.8 Å². The van der Waals surface area contributed by atoms with Crippen LogP contribution in [-0.4, -0.2) is 0 Å². The van der Waals surface area contributed by atoms with E-state index in [1.165, 1.54) is 54.9 Å². The maximum absolute atomic E-state index is 2.36. The summed E-state index contributed by atoms with van der Waals surface area (Å²) >= 11 is 0. The third kappa shape index (κ3) is 2.70. The van der Waals surface area contributed by atoms with Crippen molar-refractivity contribution >= 4 is 21.5 Å². The lowest BCUT2D eigenvalue weighted by Gasteiger charge is -2.16. The van der Waals surface area contributed by atoms with Crippen molar-refractivity contribution in [2.75, 3.05) is 0 Å². The SMILES string of the molecule is Cc1cc(-c2cccc3ccccc23)c(C)cc1-c1cccc2ccccc12. The lowest BCUT2D eigenvalue weighted by atomic mass is 9.88. The van der Waals surface area contributed by atoms with Gasteiger partial charge in [-0.2, -0.15) is 0 Å². The number of fused-ring (bicyclic) bond motifs is 2. The van der Waals surface area contributed by atoms with Crippen LogP contribution in [0.4, 0.5) is 0 Å². The molecule has 0 amide bonds. The highest BCUT2D eigenvalue weighted by atomic mass is 14.2. The minimum Gasteiger partial charge on any atom is -0.0616 e. The molecule has 0 saturated carbocycles. The normalized spacial score (nSPS) is 11.2. The molecule has 0 radical (unpaired) electrons. The van der Waals surface area contributed by atoms with E-state index in [2.05, 4.69) is 111 Å². The van der Waals surface area contributed by atoms with Crippen molar-refractivity contribution in [3.8, 4) is 22.3 Å². The second-order valence-corrected chi connectivity index (χ2v) is 7.54. The van der Waals surface area contributed by atoms with Crippen LogP contribution in [0.15, 0.2) is 97.1 Å². The zero-order valence-electron chi connectivity index (χ0n) is 16.2. The molecule has 0 spiro atoms. The molecule has 5 aromatic carbocycles. The summed E-state index contributed by atoms with van der Waals surface area (Å²) in [5.74, 6) is 0. The highest BCUT2D eigenvalue weighted by molar-refractivity contribution is 6.00.